The first-order valence-corrected chi connectivity index (χ1v) is 3.52. The van der Waals surface area contributed by atoms with Crippen molar-refractivity contribution in [3.8, 4) is 0 Å². The molecule has 1 atom stereocenters. The number of carbonyl (C=O) groups is 1. The van der Waals surface area contributed by atoms with Crippen molar-refractivity contribution in [3.63, 3.8) is 0 Å². The molecule has 0 saturated carbocycles. The number of hydrogen-bond donors (Lipinski definition) is 2. The first kappa shape index (κ1) is 7.91. The van der Waals surface area contributed by atoms with E-state index in [0.717, 1.165) is 0 Å². The molecule has 0 aromatic rings. The van der Waals surface area contributed by atoms with E-state index in [0.29, 0.717) is 6.54 Å². The van der Waals surface area contributed by atoms with Crippen LogP contribution in [0.1, 0.15) is 6.92 Å². The van der Waals surface area contributed by atoms with Gasteiger partial charge in [-0.25, -0.2) is 4.79 Å². The summed E-state index contributed by atoms with van der Waals surface area (Å²) in [6.45, 7) is 6.10. The molecule has 1 saturated heterocycles. The minimum atomic E-state index is -0.132. The Hall–Kier alpha value is -1.19. The fraction of sp³-hybridized carbons (Fsp3) is 0.571. The van der Waals surface area contributed by atoms with E-state index >= 15 is 0 Å². The van der Waals surface area contributed by atoms with Crippen LogP contribution >= 0.6 is 0 Å². The summed E-state index contributed by atoms with van der Waals surface area (Å²) >= 11 is 0. The molecule has 0 radical (unpaired) electrons. The van der Waals surface area contributed by atoms with Crippen LogP contribution in [0.25, 0.3) is 0 Å². The molecule has 1 rings (SSSR count). The molecule has 2 N–H and O–H groups in total. The zero-order valence-corrected chi connectivity index (χ0v) is 6.50. The summed E-state index contributed by atoms with van der Waals surface area (Å²) in [7, 11) is 0. The summed E-state index contributed by atoms with van der Waals surface area (Å²) in [6.07, 6.45) is 0. The number of hydrogen-bond acceptors (Lipinski definition) is 2. The Labute approximate surface area is 65.5 Å². The lowest BCUT2D eigenvalue weighted by atomic mass is 10.3. The summed E-state index contributed by atoms with van der Waals surface area (Å²) in [4.78, 5) is 12.5. The van der Waals surface area contributed by atoms with Crippen LogP contribution < -0.4 is 5.32 Å². The number of aliphatic hydroxyl groups is 1. The standard InChI is InChI=1S/C7H12N2O2/c1-5-3-9(4-6(2)10)7(11)8-5/h5,10H,2-4H2,1H3,(H,8,11). The van der Waals surface area contributed by atoms with Gasteiger partial charge in [-0.3, -0.25) is 0 Å². The number of nitrogens with one attached hydrogen (secondary N) is 1. The lowest BCUT2D eigenvalue weighted by molar-refractivity contribution is 0.214. The molecule has 0 aliphatic carbocycles. The number of aliphatic hydroxyl groups excluding tert-OH is 1. The van der Waals surface area contributed by atoms with Crippen LogP contribution in [0.3, 0.4) is 0 Å². The van der Waals surface area contributed by atoms with Gasteiger partial charge in [0.05, 0.1) is 6.54 Å². The van der Waals surface area contributed by atoms with Crippen molar-refractivity contribution >= 4 is 6.03 Å². The van der Waals surface area contributed by atoms with Crippen LogP contribution in [0, 0.1) is 0 Å². The molecule has 1 fully saturated rings. The quantitative estimate of drug-likeness (QED) is 0.571. The first-order valence-electron chi connectivity index (χ1n) is 3.52. The van der Waals surface area contributed by atoms with E-state index < -0.39 is 0 Å². The predicted octanol–water partition coefficient (Wildman–Crippen LogP) is 0.472. The van der Waals surface area contributed by atoms with Crippen LogP contribution in [0.15, 0.2) is 12.3 Å². The van der Waals surface area contributed by atoms with Gasteiger partial charge in [0, 0.05) is 12.6 Å². The molecule has 1 unspecified atom stereocenters. The Morgan fingerprint density at radius 1 is 2.00 bits per heavy atom. The highest BCUT2D eigenvalue weighted by Crippen LogP contribution is 2.04. The Balaban J connectivity index is 2.47. The summed E-state index contributed by atoms with van der Waals surface area (Å²) in [5.41, 5.74) is 0. The third-order valence-electron chi connectivity index (χ3n) is 1.52. The highest BCUT2D eigenvalue weighted by Gasteiger charge is 2.25. The van der Waals surface area contributed by atoms with Crippen molar-refractivity contribution in [1.29, 1.82) is 0 Å². The van der Waals surface area contributed by atoms with E-state index in [-0.39, 0.29) is 24.4 Å². The van der Waals surface area contributed by atoms with Crippen molar-refractivity contribution in [2.75, 3.05) is 13.1 Å². The van der Waals surface area contributed by atoms with Gasteiger partial charge in [0.2, 0.25) is 0 Å². The van der Waals surface area contributed by atoms with Crippen molar-refractivity contribution in [2.24, 2.45) is 0 Å². The van der Waals surface area contributed by atoms with Gasteiger partial charge in [0.25, 0.3) is 0 Å². The molecule has 0 spiro atoms. The van der Waals surface area contributed by atoms with E-state index in [1.54, 1.807) is 0 Å². The van der Waals surface area contributed by atoms with E-state index in [4.69, 9.17) is 5.11 Å². The zero-order chi connectivity index (χ0) is 8.43. The fourth-order valence-corrected chi connectivity index (χ4v) is 1.12. The van der Waals surface area contributed by atoms with Gasteiger partial charge in [-0.2, -0.15) is 0 Å². The molecular formula is C7H12N2O2. The first-order chi connectivity index (χ1) is 5.09. The number of rotatable bonds is 2. The normalized spacial score (nSPS) is 23.5. The summed E-state index contributed by atoms with van der Waals surface area (Å²) in [6, 6.07) is 0.0366. The topological polar surface area (TPSA) is 52.6 Å². The maximum atomic E-state index is 11.0. The number of amides is 2. The van der Waals surface area contributed by atoms with Crippen LogP contribution in [0.4, 0.5) is 4.79 Å². The molecule has 4 heteroatoms. The van der Waals surface area contributed by atoms with Gasteiger partial charge in [0.15, 0.2) is 0 Å². The van der Waals surface area contributed by atoms with Crippen molar-refractivity contribution in [2.45, 2.75) is 13.0 Å². The lowest BCUT2D eigenvalue weighted by Gasteiger charge is -2.11. The molecule has 11 heavy (non-hydrogen) atoms. The Kier molecular flexibility index (Phi) is 2.03. The van der Waals surface area contributed by atoms with E-state index in [2.05, 4.69) is 11.9 Å². The number of nitrogens with zero attached hydrogens (tertiary/aromatic N) is 1. The van der Waals surface area contributed by atoms with Crippen LogP contribution in [0.2, 0.25) is 0 Å². The lowest BCUT2D eigenvalue weighted by Crippen LogP contribution is -2.29. The van der Waals surface area contributed by atoms with E-state index in [1.165, 1.54) is 4.90 Å². The zero-order valence-electron chi connectivity index (χ0n) is 6.50. The largest absolute Gasteiger partial charge is 0.511 e. The predicted molar refractivity (Wildman–Crippen MR) is 41.3 cm³/mol. The second kappa shape index (κ2) is 2.82. The van der Waals surface area contributed by atoms with Gasteiger partial charge in [-0.1, -0.05) is 6.58 Å². The monoisotopic (exact) mass is 156 g/mol. The molecule has 0 bridgehead atoms. The molecule has 4 nitrogen and oxygen atoms in total. The number of carbonyl (C=O) groups excluding carboxylic acids is 1. The molecule has 0 aromatic carbocycles. The van der Waals surface area contributed by atoms with Gasteiger partial charge < -0.3 is 15.3 Å². The summed E-state index contributed by atoms with van der Waals surface area (Å²) < 4.78 is 0. The number of urea groups is 1. The maximum Gasteiger partial charge on any atom is 0.318 e. The minimum absolute atomic E-state index is 0.0225. The van der Waals surface area contributed by atoms with Crippen molar-refractivity contribution < 1.29 is 9.90 Å². The summed E-state index contributed by atoms with van der Waals surface area (Å²) in [5.74, 6) is 0.0225. The van der Waals surface area contributed by atoms with Crippen molar-refractivity contribution in [1.82, 2.24) is 10.2 Å². The van der Waals surface area contributed by atoms with Gasteiger partial charge >= 0.3 is 6.03 Å². The maximum absolute atomic E-state index is 11.0. The fourth-order valence-electron chi connectivity index (χ4n) is 1.12. The molecule has 62 valence electrons. The van der Waals surface area contributed by atoms with Crippen molar-refractivity contribution in [3.05, 3.63) is 12.3 Å². The van der Waals surface area contributed by atoms with Gasteiger partial charge in [-0.05, 0) is 6.92 Å². The molecule has 1 aliphatic rings. The smallest absolute Gasteiger partial charge is 0.318 e. The average Bonchev–Trinajstić information content (AvgIpc) is 2.09. The second-order valence-electron chi connectivity index (χ2n) is 2.80. The summed E-state index contributed by atoms with van der Waals surface area (Å²) in [5, 5.41) is 11.5. The molecule has 2 amide bonds. The average molecular weight is 156 g/mol. The highest BCUT2D eigenvalue weighted by atomic mass is 16.3. The van der Waals surface area contributed by atoms with Crippen LogP contribution in [-0.2, 0) is 0 Å². The van der Waals surface area contributed by atoms with E-state index in [1.807, 2.05) is 6.92 Å². The van der Waals surface area contributed by atoms with Crippen LogP contribution in [-0.4, -0.2) is 35.2 Å². The van der Waals surface area contributed by atoms with Gasteiger partial charge in [0.1, 0.15) is 5.76 Å². The SMILES string of the molecule is C=C(O)CN1CC(C)NC1=O. The molecule has 1 heterocycles. The molecule has 1 aliphatic heterocycles. The Morgan fingerprint density at radius 2 is 2.64 bits per heavy atom. The Bertz CT molecular complexity index is 191. The third-order valence-corrected chi connectivity index (χ3v) is 1.52. The second-order valence-corrected chi connectivity index (χ2v) is 2.80. The van der Waals surface area contributed by atoms with Gasteiger partial charge in [-0.15, -0.1) is 0 Å². The minimum Gasteiger partial charge on any atom is -0.511 e. The van der Waals surface area contributed by atoms with E-state index in [9.17, 15) is 4.79 Å². The molecule has 0 aromatic heterocycles. The third kappa shape index (κ3) is 1.86. The molecular weight excluding hydrogens is 144 g/mol. The highest BCUT2D eigenvalue weighted by molar-refractivity contribution is 5.77. The Morgan fingerprint density at radius 3 is 3.00 bits per heavy atom. The van der Waals surface area contributed by atoms with Crippen LogP contribution in [0.5, 0.6) is 0 Å².